The van der Waals surface area contributed by atoms with E-state index in [4.69, 9.17) is 5.73 Å². The summed E-state index contributed by atoms with van der Waals surface area (Å²) < 4.78 is 1.70. The van der Waals surface area contributed by atoms with Gasteiger partial charge in [-0.2, -0.15) is 0 Å². The lowest BCUT2D eigenvalue weighted by atomic mass is 10.4. The van der Waals surface area contributed by atoms with Gasteiger partial charge in [0.25, 0.3) is 0 Å². The van der Waals surface area contributed by atoms with Crippen LogP contribution >= 0.6 is 0 Å². The van der Waals surface area contributed by atoms with Crippen LogP contribution in [0.5, 0.6) is 0 Å². The lowest BCUT2D eigenvalue weighted by Crippen LogP contribution is -2.19. The highest BCUT2D eigenvalue weighted by molar-refractivity contribution is 5.53. The Bertz CT molecular complexity index is 484. The van der Waals surface area contributed by atoms with Crippen LogP contribution in [0.4, 0.5) is 11.6 Å². The van der Waals surface area contributed by atoms with Gasteiger partial charge in [-0.1, -0.05) is 0 Å². The Labute approximate surface area is 87.5 Å². The van der Waals surface area contributed by atoms with Crippen molar-refractivity contribution in [3.8, 4) is 0 Å². The summed E-state index contributed by atoms with van der Waals surface area (Å²) in [5.74, 6) is 1.54. The maximum Gasteiger partial charge on any atom is 0.159 e. The zero-order valence-corrected chi connectivity index (χ0v) is 8.43. The molecule has 1 fully saturated rings. The largest absolute Gasteiger partial charge is 0.382 e. The van der Waals surface area contributed by atoms with Gasteiger partial charge in [0.15, 0.2) is 5.65 Å². The lowest BCUT2D eigenvalue weighted by Gasteiger charge is -2.15. The molecule has 1 saturated heterocycles. The minimum absolute atomic E-state index is 0.515. The average Bonchev–Trinajstić information content (AvgIpc) is 2.82. The maximum absolute atomic E-state index is 5.61. The number of fused-ring (bicyclic) bond motifs is 1. The second-order valence-electron chi connectivity index (χ2n) is 3.85. The molecule has 5 heteroatoms. The Morgan fingerprint density at radius 1 is 1.27 bits per heavy atom. The van der Waals surface area contributed by atoms with Crippen LogP contribution in [0.3, 0.4) is 0 Å². The number of rotatable bonds is 1. The van der Waals surface area contributed by atoms with Crippen LogP contribution in [0.15, 0.2) is 18.3 Å². The Morgan fingerprint density at radius 2 is 2.07 bits per heavy atom. The lowest BCUT2D eigenvalue weighted by molar-refractivity contribution is 0.901. The van der Waals surface area contributed by atoms with Crippen LogP contribution in [-0.2, 0) is 0 Å². The summed E-state index contributed by atoms with van der Waals surface area (Å²) in [6.07, 6.45) is 4.43. The smallest absolute Gasteiger partial charge is 0.159 e. The SMILES string of the molecule is Nc1cc2nc(N3CCCC3)ccn2n1. The van der Waals surface area contributed by atoms with Crippen molar-refractivity contribution < 1.29 is 0 Å². The highest BCUT2D eigenvalue weighted by Crippen LogP contribution is 2.18. The van der Waals surface area contributed by atoms with Gasteiger partial charge in [0.05, 0.1) is 0 Å². The number of aromatic nitrogens is 3. The Hall–Kier alpha value is -1.78. The van der Waals surface area contributed by atoms with E-state index in [9.17, 15) is 0 Å². The highest BCUT2D eigenvalue weighted by atomic mass is 15.3. The highest BCUT2D eigenvalue weighted by Gasteiger charge is 2.13. The van der Waals surface area contributed by atoms with E-state index < -0.39 is 0 Å². The Balaban J connectivity index is 2.04. The minimum atomic E-state index is 0.515. The van der Waals surface area contributed by atoms with Crippen molar-refractivity contribution in [3.63, 3.8) is 0 Å². The monoisotopic (exact) mass is 203 g/mol. The molecule has 0 bridgehead atoms. The molecule has 2 aromatic rings. The van der Waals surface area contributed by atoms with Gasteiger partial charge < -0.3 is 10.6 Å². The molecule has 0 aromatic carbocycles. The molecule has 1 aliphatic rings. The van der Waals surface area contributed by atoms with Gasteiger partial charge in [-0.3, -0.25) is 0 Å². The molecule has 2 aromatic heterocycles. The number of nitrogens with zero attached hydrogens (tertiary/aromatic N) is 4. The van der Waals surface area contributed by atoms with Crippen LogP contribution in [0.1, 0.15) is 12.8 Å². The molecule has 1 aliphatic heterocycles. The summed E-state index contributed by atoms with van der Waals surface area (Å²) in [7, 11) is 0. The molecule has 3 heterocycles. The van der Waals surface area contributed by atoms with E-state index in [1.165, 1.54) is 12.8 Å². The van der Waals surface area contributed by atoms with Crippen LogP contribution in [0.25, 0.3) is 5.65 Å². The van der Waals surface area contributed by atoms with Crippen LogP contribution in [0.2, 0.25) is 0 Å². The van der Waals surface area contributed by atoms with Gasteiger partial charge in [-0.15, -0.1) is 5.10 Å². The second-order valence-corrected chi connectivity index (χ2v) is 3.85. The minimum Gasteiger partial charge on any atom is -0.382 e. The van der Waals surface area contributed by atoms with Crippen LogP contribution < -0.4 is 10.6 Å². The third kappa shape index (κ3) is 1.40. The molecule has 0 radical (unpaired) electrons. The normalized spacial score (nSPS) is 16.4. The molecule has 0 amide bonds. The van der Waals surface area contributed by atoms with E-state index in [-0.39, 0.29) is 0 Å². The van der Waals surface area contributed by atoms with E-state index in [0.717, 1.165) is 24.6 Å². The second kappa shape index (κ2) is 3.12. The summed E-state index contributed by atoms with van der Waals surface area (Å²) >= 11 is 0. The summed E-state index contributed by atoms with van der Waals surface area (Å²) in [5.41, 5.74) is 6.43. The zero-order chi connectivity index (χ0) is 10.3. The van der Waals surface area contributed by atoms with Gasteiger partial charge in [-0.05, 0) is 18.9 Å². The summed E-state index contributed by atoms with van der Waals surface area (Å²) in [5, 5.41) is 4.09. The molecule has 78 valence electrons. The molecular weight excluding hydrogens is 190 g/mol. The van der Waals surface area contributed by atoms with E-state index in [0.29, 0.717) is 5.82 Å². The van der Waals surface area contributed by atoms with Crippen molar-refractivity contribution in [2.75, 3.05) is 23.7 Å². The first-order chi connectivity index (χ1) is 7.33. The fraction of sp³-hybridized carbons (Fsp3) is 0.400. The van der Waals surface area contributed by atoms with Crippen LogP contribution in [-0.4, -0.2) is 27.7 Å². The topological polar surface area (TPSA) is 59.5 Å². The molecule has 3 rings (SSSR count). The van der Waals surface area contributed by atoms with Crippen molar-refractivity contribution in [3.05, 3.63) is 18.3 Å². The van der Waals surface area contributed by atoms with Gasteiger partial charge in [0, 0.05) is 25.4 Å². The first-order valence-electron chi connectivity index (χ1n) is 5.20. The fourth-order valence-corrected chi connectivity index (χ4v) is 2.01. The van der Waals surface area contributed by atoms with E-state index in [2.05, 4.69) is 15.0 Å². The van der Waals surface area contributed by atoms with Crippen molar-refractivity contribution in [2.45, 2.75) is 12.8 Å². The van der Waals surface area contributed by atoms with Gasteiger partial charge >= 0.3 is 0 Å². The molecule has 0 spiro atoms. The first kappa shape index (κ1) is 8.52. The van der Waals surface area contributed by atoms with Crippen molar-refractivity contribution in [1.82, 2.24) is 14.6 Å². The standard InChI is InChI=1S/C10H13N5/c11-8-7-10-12-9(3-6-15(10)13-8)14-4-1-2-5-14/h3,6-7H,1-2,4-5H2,(H2,11,13). The Kier molecular flexibility index (Phi) is 1.77. The van der Waals surface area contributed by atoms with E-state index in [1.54, 1.807) is 10.6 Å². The third-order valence-electron chi connectivity index (χ3n) is 2.76. The quantitative estimate of drug-likeness (QED) is 0.748. The van der Waals surface area contributed by atoms with Gasteiger partial charge in [0.1, 0.15) is 11.6 Å². The van der Waals surface area contributed by atoms with Crippen molar-refractivity contribution >= 4 is 17.3 Å². The van der Waals surface area contributed by atoms with Crippen LogP contribution in [0, 0.1) is 0 Å². The van der Waals surface area contributed by atoms with E-state index >= 15 is 0 Å². The number of hydrogen-bond acceptors (Lipinski definition) is 4. The third-order valence-corrected chi connectivity index (χ3v) is 2.76. The number of nitrogen functional groups attached to an aromatic ring is 1. The summed E-state index contributed by atoms with van der Waals surface area (Å²) in [4.78, 5) is 6.82. The fourth-order valence-electron chi connectivity index (χ4n) is 2.01. The predicted molar refractivity (Wildman–Crippen MR) is 58.8 cm³/mol. The summed E-state index contributed by atoms with van der Waals surface area (Å²) in [6, 6.07) is 3.78. The zero-order valence-electron chi connectivity index (χ0n) is 8.43. The molecular formula is C10H13N5. The average molecular weight is 203 g/mol. The molecule has 5 nitrogen and oxygen atoms in total. The van der Waals surface area contributed by atoms with Gasteiger partial charge in [0.2, 0.25) is 0 Å². The molecule has 0 unspecified atom stereocenters. The molecule has 15 heavy (non-hydrogen) atoms. The van der Waals surface area contributed by atoms with E-state index in [1.807, 2.05) is 12.3 Å². The predicted octanol–water partition coefficient (Wildman–Crippen LogP) is 0.912. The number of anilines is 2. The Morgan fingerprint density at radius 3 is 2.87 bits per heavy atom. The number of nitrogens with two attached hydrogens (primary N) is 1. The maximum atomic E-state index is 5.61. The first-order valence-corrected chi connectivity index (χ1v) is 5.20. The molecule has 0 saturated carbocycles. The molecule has 2 N–H and O–H groups in total. The number of hydrogen-bond donors (Lipinski definition) is 1. The molecule has 0 atom stereocenters. The van der Waals surface area contributed by atoms with Crippen molar-refractivity contribution in [1.29, 1.82) is 0 Å². The molecule has 0 aliphatic carbocycles. The van der Waals surface area contributed by atoms with Gasteiger partial charge in [-0.25, -0.2) is 9.50 Å². The summed E-state index contributed by atoms with van der Waals surface area (Å²) in [6.45, 7) is 2.21. The van der Waals surface area contributed by atoms with Crippen molar-refractivity contribution in [2.24, 2.45) is 0 Å².